The van der Waals surface area contributed by atoms with E-state index >= 15 is 0 Å². The van der Waals surface area contributed by atoms with Crippen molar-refractivity contribution >= 4 is 23.3 Å². The molecule has 0 aliphatic heterocycles. The molecule has 3 N–H and O–H groups in total. The fraction of sp³-hybridized carbons (Fsp3) is 0.529. The lowest BCUT2D eigenvalue weighted by atomic mass is 10.1. The third kappa shape index (κ3) is 5.76. The number of anilines is 2. The number of amides is 3. The average molecular weight is 305 g/mol. The number of nitrogens with one attached hydrogen (secondary N) is 3. The van der Waals surface area contributed by atoms with Crippen LogP contribution in [0.3, 0.4) is 0 Å². The third-order valence-electron chi connectivity index (χ3n) is 3.38. The van der Waals surface area contributed by atoms with Crippen LogP contribution < -0.4 is 16.0 Å². The van der Waals surface area contributed by atoms with Crippen LogP contribution in [0.5, 0.6) is 0 Å². The first kappa shape index (κ1) is 18.0. The predicted molar refractivity (Wildman–Crippen MR) is 91.2 cm³/mol. The maximum atomic E-state index is 12.0. The number of carbonyl (C=O) groups is 2. The largest absolute Gasteiger partial charge is 0.335 e. The van der Waals surface area contributed by atoms with Crippen molar-refractivity contribution in [1.82, 2.24) is 5.32 Å². The zero-order valence-corrected chi connectivity index (χ0v) is 14.1. The summed E-state index contributed by atoms with van der Waals surface area (Å²) in [7, 11) is 0. The third-order valence-corrected chi connectivity index (χ3v) is 3.38. The molecule has 0 bridgehead atoms. The Labute approximate surface area is 132 Å². The topological polar surface area (TPSA) is 70.2 Å². The zero-order chi connectivity index (χ0) is 16.7. The lowest BCUT2D eigenvalue weighted by Crippen LogP contribution is -2.36. The van der Waals surface area contributed by atoms with Gasteiger partial charge < -0.3 is 16.0 Å². The molecule has 0 heterocycles. The van der Waals surface area contributed by atoms with Gasteiger partial charge in [-0.3, -0.25) is 4.79 Å². The summed E-state index contributed by atoms with van der Waals surface area (Å²) in [6, 6.07) is 5.39. The SMILES string of the molecule is CCCC(C)NC(=O)Nc1cc(NC(=O)C(C)C)ccc1C. The maximum Gasteiger partial charge on any atom is 0.319 e. The van der Waals surface area contributed by atoms with Crippen LogP contribution in [0, 0.1) is 12.8 Å². The molecule has 1 atom stereocenters. The summed E-state index contributed by atoms with van der Waals surface area (Å²) in [5, 5.41) is 8.57. The van der Waals surface area contributed by atoms with Crippen LogP contribution in [-0.2, 0) is 4.79 Å². The minimum Gasteiger partial charge on any atom is -0.335 e. The first-order chi connectivity index (χ1) is 10.3. The maximum absolute atomic E-state index is 12.0. The Balaban J connectivity index is 2.73. The molecule has 5 heteroatoms. The van der Waals surface area contributed by atoms with Gasteiger partial charge >= 0.3 is 6.03 Å². The second kappa shape index (κ2) is 8.41. The first-order valence-electron chi connectivity index (χ1n) is 7.82. The van der Waals surface area contributed by atoms with Crippen molar-refractivity contribution in [3.8, 4) is 0 Å². The number of carbonyl (C=O) groups excluding carboxylic acids is 2. The number of rotatable bonds is 6. The summed E-state index contributed by atoms with van der Waals surface area (Å²) in [5.41, 5.74) is 2.32. The second-order valence-corrected chi connectivity index (χ2v) is 5.96. The van der Waals surface area contributed by atoms with E-state index in [1.807, 2.05) is 39.8 Å². The van der Waals surface area contributed by atoms with E-state index in [0.29, 0.717) is 11.4 Å². The minimum absolute atomic E-state index is 0.0455. The van der Waals surface area contributed by atoms with Gasteiger partial charge in [0.2, 0.25) is 5.91 Å². The highest BCUT2D eigenvalue weighted by Gasteiger charge is 2.11. The summed E-state index contributed by atoms with van der Waals surface area (Å²) in [5.74, 6) is -0.133. The van der Waals surface area contributed by atoms with Gasteiger partial charge in [-0.2, -0.15) is 0 Å². The smallest absolute Gasteiger partial charge is 0.319 e. The molecule has 0 saturated heterocycles. The molecule has 0 saturated carbocycles. The summed E-state index contributed by atoms with van der Waals surface area (Å²) in [6.45, 7) is 9.66. The summed E-state index contributed by atoms with van der Waals surface area (Å²) >= 11 is 0. The summed E-state index contributed by atoms with van der Waals surface area (Å²) < 4.78 is 0. The number of aryl methyl sites for hydroxylation is 1. The molecule has 122 valence electrons. The van der Waals surface area contributed by atoms with Crippen LogP contribution in [0.15, 0.2) is 18.2 Å². The van der Waals surface area contributed by atoms with Gasteiger partial charge in [-0.15, -0.1) is 0 Å². The molecule has 0 aromatic heterocycles. The standard InChI is InChI=1S/C17H27N3O2/c1-6-7-13(5)18-17(22)20-15-10-14(9-8-12(15)4)19-16(21)11(2)3/h8-11,13H,6-7H2,1-5H3,(H,19,21)(H2,18,20,22). The van der Waals surface area contributed by atoms with Crippen LogP contribution in [0.4, 0.5) is 16.2 Å². The average Bonchev–Trinajstić information content (AvgIpc) is 2.42. The van der Waals surface area contributed by atoms with Gasteiger partial charge in [-0.05, 0) is 38.0 Å². The number of hydrogen-bond acceptors (Lipinski definition) is 2. The van der Waals surface area contributed by atoms with Gasteiger partial charge in [0.15, 0.2) is 0 Å². The van der Waals surface area contributed by atoms with Crippen molar-refractivity contribution in [3.05, 3.63) is 23.8 Å². The highest BCUT2D eigenvalue weighted by Crippen LogP contribution is 2.20. The lowest BCUT2D eigenvalue weighted by Gasteiger charge is -2.16. The van der Waals surface area contributed by atoms with Gasteiger partial charge in [0, 0.05) is 23.3 Å². The molecule has 3 amide bonds. The van der Waals surface area contributed by atoms with Gasteiger partial charge in [-0.1, -0.05) is 33.3 Å². The molecule has 1 rings (SSSR count). The quantitative estimate of drug-likeness (QED) is 0.746. The first-order valence-corrected chi connectivity index (χ1v) is 7.82. The zero-order valence-electron chi connectivity index (χ0n) is 14.1. The molecule has 0 aliphatic carbocycles. The summed E-state index contributed by atoms with van der Waals surface area (Å²) in [4.78, 5) is 23.7. The predicted octanol–water partition coefficient (Wildman–Crippen LogP) is 3.90. The minimum atomic E-state index is -0.226. The molecule has 1 aromatic rings. The van der Waals surface area contributed by atoms with Crippen LogP contribution in [-0.4, -0.2) is 18.0 Å². The van der Waals surface area contributed by atoms with Crippen molar-refractivity contribution < 1.29 is 9.59 Å². The van der Waals surface area contributed by atoms with E-state index in [0.717, 1.165) is 18.4 Å². The molecule has 1 unspecified atom stereocenters. The van der Waals surface area contributed by atoms with E-state index in [4.69, 9.17) is 0 Å². The van der Waals surface area contributed by atoms with Crippen LogP contribution in [0.1, 0.15) is 46.1 Å². The normalized spacial score (nSPS) is 11.9. The van der Waals surface area contributed by atoms with E-state index in [1.54, 1.807) is 6.07 Å². The van der Waals surface area contributed by atoms with Gasteiger partial charge in [-0.25, -0.2) is 4.79 Å². The molecule has 0 aliphatic rings. The van der Waals surface area contributed by atoms with Crippen LogP contribution in [0.2, 0.25) is 0 Å². The highest BCUT2D eigenvalue weighted by molar-refractivity contribution is 5.94. The van der Waals surface area contributed by atoms with Crippen LogP contribution >= 0.6 is 0 Å². The van der Waals surface area contributed by atoms with Gasteiger partial charge in [0.25, 0.3) is 0 Å². The van der Waals surface area contributed by atoms with Crippen molar-refractivity contribution in [2.24, 2.45) is 5.92 Å². The van der Waals surface area contributed by atoms with E-state index in [2.05, 4.69) is 22.9 Å². The number of hydrogen-bond donors (Lipinski definition) is 3. The molecule has 0 spiro atoms. The van der Waals surface area contributed by atoms with Crippen molar-refractivity contribution in [2.45, 2.75) is 53.5 Å². The number of benzene rings is 1. The molecular formula is C17H27N3O2. The fourth-order valence-electron chi connectivity index (χ4n) is 2.01. The van der Waals surface area contributed by atoms with E-state index < -0.39 is 0 Å². The Morgan fingerprint density at radius 2 is 1.82 bits per heavy atom. The molecule has 5 nitrogen and oxygen atoms in total. The van der Waals surface area contributed by atoms with Gasteiger partial charge in [0.05, 0.1) is 0 Å². The highest BCUT2D eigenvalue weighted by atomic mass is 16.2. The summed E-state index contributed by atoms with van der Waals surface area (Å²) in [6.07, 6.45) is 1.97. The molecular weight excluding hydrogens is 278 g/mol. The van der Waals surface area contributed by atoms with Gasteiger partial charge in [0.1, 0.15) is 0 Å². The Morgan fingerprint density at radius 1 is 1.14 bits per heavy atom. The fourth-order valence-corrected chi connectivity index (χ4v) is 2.01. The van der Waals surface area contributed by atoms with Crippen LogP contribution in [0.25, 0.3) is 0 Å². The van der Waals surface area contributed by atoms with E-state index in [9.17, 15) is 9.59 Å². The Kier molecular flexibility index (Phi) is 6.89. The Hall–Kier alpha value is -2.04. The molecule has 0 radical (unpaired) electrons. The van der Waals surface area contributed by atoms with E-state index in [-0.39, 0.29) is 23.9 Å². The molecule has 0 fully saturated rings. The van der Waals surface area contributed by atoms with E-state index in [1.165, 1.54) is 0 Å². The monoisotopic (exact) mass is 305 g/mol. The Morgan fingerprint density at radius 3 is 2.41 bits per heavy atom. The lowest BCUT2D eigenvalue weighted by molar-refractivity contribution is -0.118. The van der Waals surface area contributed by atoms with Crippen molar-refractivity contribution in [3.63, 3.8) is 0 Å². The van der Waals surface area contributed by atoms with Crippen molar-refractivity contribution in [2.75, 3.05) is 10.6 Å². The van der Waals surface area contributed by atoms with Crippen molar-refractivity contribution in [1.29, 1.82) is 0 Å². The number of urea groups is 1. The molecule has 1 aromatic carbocycles. The molecule has 22 heavy (non-hydrogen) atoms. The Bertz CT molecular complexity index is 527. The second-order valence-electron chi connectivity index (χ2n) is 5.96.